The van der Waals surface area contributed by atoms with Crippen LogP contribution in [0.25, 0.3) is 0 Å². The molecule has 0 amide bonds. The fourth-order valence-electron chi connectivity index (χ4n) is 9.85. The molecule has 0 N–H and O–H groups in total. The van der Waals surface area contributed by atoms with Gasteiger partial charge in [-0.3, -0.25) is 7.32 Å². The molecule has 0 heterocycles. The number of quaternary nitrogens is 7. The van der Waals surface area contributed by atoms with Crippen molar-refractivity contribution in [1.29, 1.82) is 0 Å². The number of aliphatic carboxylic acids is 4. The zero-order valence-electron chi connectivity index (χ0n) is 69.6. The number of nitrogens with zero attached hydrogens (tertiary/aromatic N) is 7. The number of hydrogen-bond acceptors (Lipinski definition) is 11. The van der Waals surface area contributed by atoms with E-state index in [1.165, 1.54) is 215 Å². The van der Waals surface area contributed by atoms with Crippen LogP contribution in [0.15, 0.2) is 0 Å². The first kappa shape index (κ1) is 131. The summed E-state index contributed by atoms with van der Waals surface area (Å²) in [5.41, 5.74) is 0. The summed E-state index contributed by atoms with van der Waals surface area (Å²) in [5, 5.41) is 41.8. The molecule has 0 atom stereocenters. The lowest BCUT2D eigenvalue weighted by molar-refractivity contribution is -0.921. The maximum Gasteiger partial charge on any atom is 0.389 e. The van der Waals surface area contributed by atoms with Crippen LogP contribution < -0.4 is 35.5 Å². The van der Waals surface area contributed by atoms with E-state index in [0.717, 1.165) is 0 Å². The van der Waals surface area contributed by atoms with Gasteiger partial charge in [-0.25, -0.2) is 0 Å². The van der Waals surface area contributed by atoms with Gasteiger partial charge in [-0.15, -0.1) is 0 Å². The van der Waals surface area contributed by atoms with Crippen LogP contribution in [0.2, 0.25) is 0 Å². The van der Waals surface area contributed by atoms with Crippen molar-refractivity contribution in [2.75, 3.05) is 183 Å². The minimum Gasteiger partial charge on any atom is -0.907 e. The predicted octanol–water partition coefficient (Wildman–Crippen LogP) is 10.0. The average Bonchev–Trinajstić information content (AvgIpc) is 0.840. The normalized spacial score (nSPS) is 12.3. The fraction of sp³-hybridized carbons (Fsp3) is 0.941. The van der Waals surface area contributed by atoms with E-state index in [1.54, 1.807) is 0 Å². The Balaban J connectivity index is -0.0000000923. The van der Waals surface area contributed by atoms with Gasteiger partial charge >= 0.3 is 45.2 Å². The number of halogens is 20. The Morgan fingerprint density at radius 3 is 0.252 bits per heavy atom. The Kier molecular flexibility index (Phi) is 78.2. The molecular weight excluding hydrogens is 1550 g/mol. The van der Waals surface area contributed by atoms with E-state index in [0.29, 0.717) is 0 Å². The molecule has 0 aromatic carbocycles. The fourth-order valence-corrected chi connectivity index (χ4v) is 10.2. The van der Waals surface area contributed by atoms with E-state index in [-0.39, 0.29) is 0 Å². The summed E-state index contributed by atoms with van der Waals surface area (Å²) in [7, 11) is -2.92. The van der Waals surface area contributed by atoms with Gasteiger partial charge in [0.25, 0.3) is 0 Å². The highest BCUT2D eigenvalue weighted by Gasteiger charge is 2.59. The molecule has 0 aliphatic rings. The van der Waals surface area contributed by atoms with E-state index in [9.17, 15) is 110 Å². The summed E-state index contributed by atoms with van der Waals surface area (Å²) in [5.74, 6) is -34.1. The molecule has 656 valence electrons. The number of carbonyl (C=O) groups is 4. The monoisotopic (exact) mass is 1690 g/mol. The highest BCUT2D eigenvalue weighted by molar-refractivity contribution is 6.25. The van der Waals surface area contributed by atoms with Gasteiger partial charge in [0.1, 0.15) is 23.9 Å². The molecule has 0 bridgehead atoms. The topological polar surface area (TPSA) is 230 Å². The van der Waals surface area contributed by atoms with Gasteiger partial charge in [0.15, 0.2) is 0 Å². The lowest BCUT2D eigenvalue weighted by atomic mass is 10.3. The molecule has 0 fully saturated rings. The summed E-state index contributed by atoms with van der Waals surface area (Å²) in [6.45, 7) is 99.6. The van der Waals surface area contributed by atoms with Gasteiger partial charge in [0.2, 0.25) is 0 Å². The molecule has 0 saturated carbocycles. The maximum absolute atomic E-state index is 11.5. The van der Waals surface area contributed by atoms with E-state index in [2.05, 4.69) is 240 Å². The molecule has 0 radical (unpaired) electrons. The number of carbonyl (C=O) groups excluding carboxylic acids is 4. The van der Waals surface area contributed by atoms with Gasteiger partial charge in [-0.2, -0.15) is 70.2 Å². The largest absolute Gasteiger partial charge is 0.907 e. The van der Waals surface area contributed by atoms with Gasteiger partial charge in [-0.1, -0.05) is 0 Å². The van der Waals surface area contributed by atoms with Crippen molar-refractivity contribution >= 4 is 77.6 Å². The molecule has 0 spiro atoms. The van der Waals surface area contributed by atoms with Crippen molar-refractivity contribution in [3.05, 3.63) is 0 Å². The smallest absolute Gasteiger partial charge is 0.389 e. The van der Waals surface area contributed by atoms with Crippen molar-refractivity contribution in [1.82, 2.24) is 0 Å². The second-order valence-corrected chi connectivity index (χ2v) is 25.9. The number of rotatable bonds is 36. The molecule has 0 unspecified atom stereocenters. The van der Waals surface area contributed by atoms with Crippen LogP contribution >= 0.6 is 46.4 Å². The van der Waals surface area contributed by atoms with Crippen LogP contribution in [0.3, 0.4) is 0 Å². The quantitative estimate of drug-likeness (QED) is 0.0248. The summed E-state index contributed by atoms with van der Waals surface area (Å²) in [6.07, 6.45) is 0. The predicted molar refractivity (Wildman–Crippen MR) is 386 cm³/mol. The van der Waals surface area contributed by atoms with Gasteiger partial charge in [0.05, 0.1) is 183 Å². The Bertz CT molecular complexity index is 1680. The standard InChI is InChI=1S/7C8H20N.4C3HClF4O2.BO3/c7*1-5-9(6-2,7-3)8-4;4*4-3(7,8)2(5,6)1(9)10;2-1(3)4/h7*5-8H2,1-4H3;4*(H,9,10);/q7*+1;;;;;-3/p-4. The molecule has 0 saturated heterocycles. The van der Waals surface area contributed by atoms with Gasteiger partial charge < -0.3 is 86.1 Å². The molecule has 18 nitrogen and oxygen atoms in total. The van der Waals surface area contributed by atoms with E-state index >= 15 is 0 Å². The van der Waals surface area contributed by atoms with Crippen molar-refractivity contribution in [2.24, 2.45) is 0 Å². The van der Waals surface area contributed by atoms with E-state index in [1.807, 2.05) is 0 Å². The third kappa shape index (κ3) is 53.3. The summed E-state index contributed by atoms with van der Waals surface area (Å²) in [4.78, 5) is 37.0. The Morgan fingerprint density at radius 1 is 0.206 bits per heavy atom. The molecule has 0 rings (SSSR count). The lowest BCUT2D eigenvalue weighted by Gasteiger charge is -2.35. The molecule has 39 heteroatoms. The zero-order chi connectivity index (χ0) is 89.2. The van der Waals surface area contributed by atoms with Crippen LogP contribution in [0.1, 0.15) is 194 Å². The minimum absolute atomic E-state index is 1.28. The highest BCUT2D eigenvalue weighted by atomic mass is 35.5. The number of carboxylic acids is 4. The third-order valence-corrected chi connectivity index (χ3v) is 22.2. The number of carboxylic acid groups (broad SMARTS) is 4. The molecule has 107 heavy (non-hydrogen) atoms. The minimum atomic E-state index is -5.32. The zero-order valence-corrected chi connectivity index (χ0v) is 72.6. The summed E-state index contributed by atoms with van der Waals surface area (Å²) >= 11 is 14.9. The van der Waals surface area contributed by atoms with Crippen LogP contribution in [0, 0.1) is 0 Å². The first-order valence-electron chi connectivity index (χ1n) is 36.8. The second-order valence-electron chi connectivity index (χ2n) is 24.0. The van der Waals surface area contributed by atoms with Crippen molar-refractivity contribution in [2.45, 2.75) is 239 Å². The van der Waals surface area contributed by atoms with Crippen LogP contribution in [-0.2, 0) is 19.2 Å². The second kappa shape index (κ2) is 63.9. The van der Waals surface area contributed by atoms with Crippen molar-refractivity contribution in [3.63, 3.8) is 0 Å². The van der Waals surface area contributed by atoms with E-state index < -0.39 is 76.4 Å². The first-order valence-corrected chi connectivity index (χ1v) is 38.3. The highest BCUT2D eigenvalue weighted by Crippen LogP contribution is 2.39. The summed E-state index contributed by atoms with van der Waals surface area (Å²) < 4.78 is 192. The first-order chi connectivity index (χ1) is 48.2. The van der Waals surface area contributed by atoms with Crippen LogP contribution in [-0.4, -0.2) is 291 Å². The molecular formula is C68H140BCl4F16N7O11. The Morgan fingerprint density at radius 2 is 0.252 bits per heavy atom. The average molecular weight is 1690 g/mol. The lowest BCUT2D eigenvalue weighted by Crippen LogP contribution is -2.56. The number of alkyl halides is 20. The molecule has 0 aromatic rings. The Labute approximate surface area is 653 Å². The van der Waals surface area contributed by atoms with Gasteiger partial charge in [-0.05, 0) is 240 Å². The molecule has 0 aromatic heterocycles. The summed E-state index contributed by atoms with van der Waals surface area (Å²) in [6, 6.07) is 0. The van der Waals surface area contributed by atoms with Gasteiger partial charge in [0, 0.05) is 0 Å². The van der Waals surface area contributed by atoms with Crippen molar-refractivity contribution in [3.8, 4) is 0 Å². The van der Waals surface area contributed by atoms with Crippen molar-refractivity contribution < 1.29 is 156 Å². The third-order valence-electron chi connectivity index (χ3n) is 21.2. The Hall–Kier alpha value is -2.42. The maximum atomic E-state index is 11.5. The van der Waals surface area contributed by atoms with Crippen LogP contribution in [0.5, 0.6) is 0 Å². The molecule has 0 aliphatic heterocycles. The van der Waals surface area contributed by atoms with Crippen LogP contribution in [0.4, 0.5) is 70.2 Å². The number of hydrogen-bond donors (Lipinski definition) is 0. The molecule has 0 aliphatic carbocycles. The van der Waals surface area contributed by atoms with E-state index in [4.69, 9.17) is 15.1 Å². The SMILES string of the molecule is CC[N+](CC)(CC)CC.CC[N+](CC)(CC)CC.CC[N+](CC)(CC)CC.CC[N+](CC)(CC)CC.CC[N+](CC)(CC)CC.CC[N+](CC)(CC)CC.CC[N+](CC)(CC)CC.O=C([O-])C(F)(F)C(F)(F)Cl.O=C([O-])C(F)(F)C(F)(F)Cl.O=C([O-])C(F)(F)C(F)(F)Cl.O=C([O-])C(F)(F)C(F)(F)Cl.[O-]B([O-])[O-].